The summed E-state index contributed by atoms with van der Waals surface area (Å²) in [5.41, 5.74) is 0.639. The summed E-state index contributed by atoms with van der Waals surface area (Å²) in [5.74, 6) is 6.17. The Balaban J connectivity index is 1.88. The van der Waals surface area contributed by atoms with E-state index in [1.807, 2.05) is 12.1 Å². The minimum atomic E-state index is -4.67. The molecule has 2 rings (SSSR count). The normalized spacial score (nSPS) is 10.6. The SMILES string of the molecule is FC(F)(F)Oc1ccc(C#CCSc2ccncc2)cc1. The summed E-state index contributed by atoms with van der Waals surface area (Å²) in [5, 5.41) is 0. The Morgan fingerprint density at radius 1 is 1.05 bits per heavy atom. The molecule has 1 aromatic carbocycles. The van der Waals surface area contributed by atoms with Crippen LogP contribution in [0.25, 0.3) is 0 Å². The lowest BCUT2D eigenvalue weighted by Gasteiger charge is -2.07. The van der Waals surface area contributed by atoms with Crippen molar-refractivity contribution in [2.45, 2.75) is 11.3 Å². The molecule has 2 nitrogen and oxygen atoms in total. The van der Waals surface area contributed by atoms with Crippen molar-refractivity contribution in [3.63, 3.8) is 0 Å². The fourth-order valence-electron chi connectivity index (χ4n) is 1.43. The Morgan fingerprint density at radius 3 is 2.33 bits per heavy atom. The molecular formula is C15H10F3NOS. The summed E-state index contributed by atoms with van der Waals surface area (Å²) in [6.07, 6.45) is -1.27. The maximum absolute atomic E-state index is 12.0. The average Bonchev–Trinajstić information content (AvgIpc) is 2.45. The van der Waals surface area contributed by atoms with Gasteiger partial charge >= 0.3 is 6.36 Å². The predicted octanol–water partition coefficient (Wildman–Crippen LogP) is 4.12. The Bertz CT molecular complexity index is 630. The van der Waals surface area contributed by atoms with Crippen LogP contribution in [-0.4, -0.2) is 17.1 Å². The number of hydrogen-bond donors (Lipinski definition) is 0. The first-order chi connectivity index (χ1) is 10.0. The van der Waals surface area contributed by atoms with E-state index in [0.29, 0.717) is 11.3 Å². The van der Waals surface area contributed by atoms with E-state index < -0.39 is 6.36 Å². The summed E-state index contributed by atoms with van der Waals surface area (Å²) < 4.78 is 39.8. The van der Waals surface area contributed by atoms with E-state index in [1.165, 1.54) is 24.3 Å². The predicted molar refractivity (Wildman–Crippen MR) is 75.0 cm³/mol. The quantitative estimate of drug-likeness (QED) is 0.629. The summed E-state index contributed by atoms with van der Waals surface area (Å²) in [4.78, 5) is 4.98. The van der Waals surface area contributed by atoms with Gasteiger partial charge in [-0.15, -0.1) is 24.9 Å². The lowest BCUT2D eigenvalue weighted by Crippen LogP contribution is -2.16. The molecule has 1 aromatic heterocycles. The number of ether oxygens (including phenoxy) is 1. The lowest BCUT2D eigenvalue weighted by molar-refractivity contribution is -0.274. The van der Waals surface area contributed by atoms with Gasteiger partial charge in [-0.1, -0.05) is 11.8 Å². The zero-order valence-corrected chi connectivity index (χ0v) is 11.5. The van der Waals surface area contributed by atoms with Crippen molar-refractivity contribution in [3.05, 3.63) is 54.4 Å². The zero-order valence-electron chi connectivity index (χ0n) is 10.7. The second-order valence-corrected chi connectivity index (χ2v) is 4.89. The Labute approximate surface area is 124 Å². The van der Waals surface area contributed by atoms with Crippen LogP contribution in [0.4, 0.5) is 13.2 Å². The van der Waals surface area contributed by atoms with Crippen LogP contribution in [-0.2, 0) is 0 Å². The van der Waals surface area contributed by atoms with Gasteiger partial charge in [0.2, 0.25) is 0 Å². The van der Waals surface area contributed by atoms with Crippen molar-refractivity contribution in [3.8, 4) is 17.6 Å². The number of benzene rings is 1. The summed E-state index contributed by atoms with van der Waals surface area (Å²) in [7, 11) is 0. The fraction of sp³-hybridized carbons (Fsp3) is 0.133. The van der Waals surface area contributed by atoms with Gasteiger partial charge in [0.1, 0.15) is 5.75 Å². The van der Waals surface area contributed by atoms with Crippen LogP contribution >= 0.6 is 11.8 Å². The molecule has 1 heterocycles. The van der Waals surface area contributed by atoms with Crippen LogP contribution in [0.5, 0.6) is 5.75 Å². The number of hydrogen-bond acceptors (Lipinski definition) is 3. The highest BCUT2D eigenvalue weighted by Crippen LogP contribution is 2.22. The number of nitrogens with zero attached hydrogens (tertiary/aromatic N) is 1. The minimum absolute atomic E-state index is 0.251. The second kappa shape index (κ2) is 7.04. The molecule has 0 saturated carbocycles. The molecule has 0 saturated heterocycles. The van der Waals surface area contributed by atoms with Crippen molar-refractivity contribution in [2.75, 3.05) is 5.75 Å². The van der Waals surface area contributed by atoms with Gasteiger partial charge in [0.05, 0.1) is 5.75 Å². The monoisotopic (exact) mass is 309 g/mol. The van der Waals surface area contributed by atoms with E-state index in [9.17, 15) is 13.2 Å². The third-order valence-corrected chi connectivity index (χ3v) is 3.18. The smallest absolute Gasteiger partial charge is 0.406 e. The van der Waals surface area contributed by atoms with Gasteiger partial charge in [0.15, 0.2) is 0 Å². The molecule has 108 valence electrons. The van der Waals surface area contributed by atoms with Crippen molar-refractivity contribution in [1.29, 1.82) is 0 Å². The number of rotatable bonds is 3. The largest absolute Gasteiger partial charge is 0.573 e. The molecule has 0 radical (unpaired) electrons. The van der Waals surface area contributed by atoms with Crippen molar-refractivity contribution < 1.29 is 17.9 Å². The molecule has 0 aliphatic rings. The molecule has 2 aromatic rings. The van der Waals surface area contributed by atoms with Gasteiger partial charge in [0.25, 0.3) is 0 Å². The molecule has 0 bridgehead atoms. The Hall–Kier alpha value is -2.13. The van der Waals surface area contributed by atoms with E-state index in [4.69, 9.17) is 0 Å². The highest BCUT2D eigenvalue weighted by Gasteiger charge is 2.30. The van der Waals surface area contributed by atoms with Crippen LogP contribution in [0.2, 0.25) is 0 Å². The molecule has 0 N–H and O–H groups in total. The zero-order chi connectivity index (χ0) is 15.1. The van der Waals surface area contributed by atoms with Crippen LogP contribution in [0.3, 0.4) is 0 Å². The molecule has 0 aliphatic heterocycles. The average molecular weight is 309 g/mol. The number of alkyl halides is 3. The van der Waals surface area contributed by atoms with Gasteiger partial charge in [-0.3, -0.25) is 4.98 Å². The second-order valence-electron chi connectivity index (χ2n) is 3.85. The maximum Gasteiger partial charge on any atom is 0.573 e. The first kappa shape index (κ1) is 15.3. The summed E-state index contributed by atoms with van der Waals surface area (Å²) in [6.45, 7) is 0. The Morgan fingerprint density at radius 2 is 1.71 bits per heavy atom. The van der Waals surface area contributed by atoms with Gasteiger partial charge in [0, 0.05) is 22.9 Å². The highest BCUT2D eigenvalue weighted by atomic mass is 32.2. The third kappa shape index (κ3) is 5.79. The van der Waals surface area contributed by atoms with Crippen LogP contribution in [0.15, 0.2) is 53.7 Å². The van der Waals surface area contributed by atoms with Crippen molar-refractivity contribution in [1.82, 2.24) is 4.98 Å². The molecule has 0 amide bonds. The van der Waals surface area contributed by atoms with Gasteiger partial charge in [-0.05, 0) is 36.4 Å². The van der Waals surface area contributed by atoms with Crippen molar-refractivity contribution in [2.24, 2.45) is 0 Å². The standard InChI is InChI=1S/C15H10F3NOS/c16-15(17,18)20-13-5-3-12(4-6-13)2-1-11-21-14-7-9-19-10-8-14/h3-10H,11H2. The first-order valence-corrected chi connectivity index (χ1v) is 6.89. The Kier molecular flexibility index (Phi) is 5.12. The van der Waals surface area contributed by atoms with Crippen molar-refractivity contribution >= 4 is 11.8 Å². The number of thioether (sulfide) groups is 1. The first-order valence-electron chi connectivity index (χ1n) is 5.90. The number of pyridine rings is 1. The molecule has 0 aliphatic carbocycles. The molecular weight excluding hydrogens is 299 g/mol. The van der Waals surface area contributed by atoms with Crippen LogP contribution in [0, 0.1) is 11.8 Å². The van der Waals surface area contributed by atoms with Gasteiger partial charge in [-0.2, -0.15) is 0 Å². The summed E-state index contributed by atoms with van der Waals surface area (Å²) in [6, 6.07) is 9.24. The van der Waals surface area contributed by atoms with Crippen LogP contribution < -0.4 is 4.74 Å². The lowest BCUT2D eigenvalue weighted by atomic mass is 10.2. The fourth-order valence-corrected chi connectivity index (χ4v) is 2.06. The highest BCUT2D eigenvalue weighted by molar-refractivity contribution is 7.99. The van der Waals surface area contributed by atoms with Gasteiger partial charge in [-0.25, -0.2) is 0 Å². The van der Waals surface area contributed by atoms with E-state index in [-0.39, 0.29) is 5.75 Å². The van der Waals surface area contributed by atoms with E-state index >= 15 is 0 Å². The molecule has 0 fully saturated rings. The minimum Gasteiger partial charge on any atom is -0.406 e. The molecule has 0 spiro atoms. The van der Waals surface area contributed by atoms with Crippen LogP contribution in [0.1, 0.15) is 5.56 Å². The molecule has 6 heteroatoms. The maximum atomic E-state index is 12.0. The molecule has 21 heavy (non-hydrogen) atoms. The summed E-state index contributed by atoms with van der Waals surface area (Å²) >= 11 is 1.56. The number of halogens is 3. The van der Waals surface area contributed by atoms with Gasteiger partial charge < -0.3 is 4.74 Å². The molecule has 0 atom stereocenters. The topological polar surface area (TPSA) is 22.1 Å². The third-order valence-electron chi connectivity index (χ3n) is 2.28. The number of aromatic nitrogens is 1. The van der Waals surface area contributed by atoms with E-state index in [1.54, 1.807) is 24.2 Å². The molecule has 0 unspecified atom stereocenters. The van der Waals surface area contributed by atoms with E-state index in [2.05, 4.69) is 21.6 Å². The van der Waals surface area contributed by atoms with E-state index in [0.717, 1.165) is 4.90 Å².